The molecule has 3 amide bonds. The van der Waals surface area contributed by atoms with E-state index in [0.717, 1.165) is 5.56 Å². The van der Waals surface area contributed by atoms with E-state index in [2.05, 4.69) is 5.43 Å². The monoisotopic (exact) mass is 306 g/mol. The van der Waals surface area contributed by atoms with E-state index in [1.54, 1.807) is 11.9 Å². The summed E-state index contributed by atoms with van der Waals surface area (Å²) in [6, 6.07) is 9.44. The third kappa shape index (κ3) is 2.90. The Hall–Kier alpha value is -2.12. The van der Waals surface area contributed by atoms with Gasteiger partial charge in [-0.1, -0.05) is 35.5 Å². The number of carbonyl (C=O) groups is 2. The highest BCUT2D eigenvalue weighted by atomic mass is 16.5. The van der Waals surface area contributed by atoms with Gasteiger partial charge in [-0.05, 0) is 19.4 Å². The number of nitrogens with zero attached hydrogens (tertiary/aromatic N) is 3. The number of rotatable bonds is 4. The number of carbonyl (C=O) groups excluding carboxylic acids is 2. The minimum Gasteiger partial charge on any atom is -0.312 e. The molecule has 1 aromatic rings. The Morgan fingerprint density at radius 1 is 1.36 bits per heavy atom. The van der Waals surface area contributed by atoms with E-state index >= 15 is 0 Å². The molecule has 1 fully saturated rings. The van der Waals surface area contributed by atoms with Crippen molar-refractivity contribution < 1.29 is 14.8 Å². The predicted octanol–water partition coefficient (Wildman–Crippen LogP) is 1.40. The van der Waals surface area contributed by atoms with E-state index in [4.69, 9.17) is 0 Å². The number of hydroxylamine groups is 1. The third-order valence-corrected chi connectivity index (χ3v) is 3.91. The van der Waals surface area contributed by atoms with Crippen LogP contribution in [0.25, 0.3) is 0 Å². The number of nitrogens with one attached hydrogen (secondary N) is 1. The van der Waals surface area contributed by atoms with Crippen molar-refractivity contribution in [2.45, 2.75) is 39.0 Å². The van der Waals surface area contributed by atoms with E-state index in [1.807, 2.05) is 44.2 Å². The summed E-state index contributed by atoms with van der Waals surface area (Å²) in [4.78, 5) is 26.8. The summed E-state index contributed by atoms with van der Waals surface area (Å²) in [6.45, 7) is 5.44. The van der Waals surface area contributed by atoms with Crippen LogP contribution in [-0.4, -0.2) is 50.9 Å². The molecule has 0 bridgehead atoms. The standard InChI is InChI=1S/C15H22N4O3/c1-11(20)16-19(22)13-15(2,3)18(14(21)17(13)4)10-12-8-6-5-7-9-12/h5-9,13,22H,10H2,1-4H3,(H,16,20)/t13-/m0/s1. The molecular weight excluding hydrogens is 284 g/mol. The topological polar surface area (TPSA) is 76.1 Å². The Kier molecular flexibility index (Phi) is 4.39. The van der Waals surface area contributed by atoms with Crippen LogP contribution in [0.3, 0.4) is 0 Å². The van der Waals surface area contributed by atoms with E-state index in [1.165, 1.54) is 11.8 Å². The largest absolute Gasteiger partial charge is 0.322 e. The van der Waals surface area contributed by atoms with Gasteiger partial charge in [0.05, 0.1) is 5.54 Å². The molecule has 1 aliphatic heterocycles. The molecule has 0 aromatic heterocycles. The van der Waals surface area contributed by atoms with Crippen LogP contribution in [0.5, 0.6) is 0 Å². The first-order valence-electron chi connectivity index (χ1n) is 7.09. The lowest BCUT2D eigenvalue weighted by Gasteiger charge is -2.37. The Morgan fingerprint density at radius 3 is 2.50 bits per heavy atom. The van der Waals surface area contributed by atoms with Crippen molar-refractivity contribution in [1.29, 1.82) is 0 Å². The fourth-order valence-corrected chi connectivity index (χ4v) is 2.88. The minimum atomic E-state index is -0.696. The summed E-state index contributed by atoms with van der Waals surface area (Å²) in [6.07, 6.45) is -0.687. The highest BCUT2D eigenvalue weighted by Crippen LogP contribution is 2.33. The maximum atomic E-state index is 12.5. The summed E-state index contributed by atoms with van der Waals surface area (Å²) < 4.78 is 0. The summed E-state index contributed by atoms with van der Waals surface area (Å²) in [7, 11) is 1.60. The van der Waals surface area contributed by atoms with Crippen LogP contribution in [0.4, 0.5) is 4.79 Å². The molecule has 0 radical (unpaired) electrons. The Labute approximate surface area is 130 Å². The van der Waals surface area contributed by atoms with Gasteiger partial charge in [0.15, 0.2) is 6.17 Å². The lowest BCUT2D eigenvalue weighted by molar-refractivity contribution is -0.211. The zero-order valence-electron chi connectivity index (χ0n) is 13.3. The number of benzene rings is 1. The van der Waals surface area contributed by atoms with Gasteiger partial charge in [0.2, 0.25) is 5.91 Å². The van der Waals surface area contributed by atoms with Gasteiger partial charge in [0, 0.05) is 20.5 Å². The first-order valence-corrected chi connectivity index (χ1v) is 7.09. The SMILES string of the molecule is CC(=O)NN(O)[C@@H]1N(C)C(=O)N(Cc2ccccc2)C1(C)C. The molecule has 2 N–H and O–H groups in total. The Morgan fingerprint density at radius 2 is 1.95 bits per heavy atom. The summed E-state index contributed by atoms with van der Waals surface area (Å²) >= 11 is 0. The molecule has 0 aliphatic carbocycles. The van der Waals surface area contributed by atoms with Crippen molar-refractivity contribution >= 4 is 11.9 Å². The van der Waals surface area contributed by atoms with Crippen molar-refractivity contribution in [2.75, 3.05) is 7.05 Å². The van der Waals surface area contributed by atoms with Gasteiger partial charge in [0.1, 0.15) is 0 Å². The van der Waals surface area contributed by atoms with Gasteiger partial charge in [-0.3, -0.25) is 15.4 Å². The molecule has 22 heavy (non-hydrogen) atoms. The molecule has 7 nitrogen and oxygen atoms in total. The minimum absolute atomic E-state index is 0.205. The molecule has 0 spiro atoms. The van der Waals surface area contributed by atoms with Crippen LogP contribution in [0.1, 0.15) is 26.3 Å². The predicted molar refractivity (Wildman–Crippen MR) is 80.5 cm³/mol. The van der Waals surface area contributed by atoms with Crippen molar-refractivity contribution in [3.05, 3.63) is 35.9 Å². The molecule has 7 heteroatoms. The fraction of sp³-hybridized carbons (Fsp3) is 0.467. The lowest BCUT2D eigenvalue weighted by atomic mass is 10.00. The molecule has 1 atom stereocenters. The third-order valence-electron chi connectivity index (χ3n) is 3.91. The van der Waals surface area contributed by atoms with Crippen molar-refractivity contribution in [1.82, 2.24) is 20.4 Å². The van der Waals surface area contributed by atoms with Crippen molar-refractivity contribution in [3.8, 4) is 0 Å². The van der Waals surface area contributed by atoms with Crippen LogP contribution >= 0.6 is 0 Å². The van der Waals surface area contributed by atoms with Crippen LogP contribution in [-0.2, 0) is 11.3 Å². The highest BCUT2D eigenvalue weighted by molar-refractivity contribution is 5.78. The van der Waals surface area contributed by atoms with Crippen LogP contribution in [0, 0.1) is 0 Å². The second-order valence-corrected chi connectivity index (χ2v) is 6.01. The van der Waals surface area contributed by atoms with E-state index in [-0.39, 0.29) is 6.03 Å². The molecule has 1 saturated heterocycles. The summed E-state index contributed by atoms with van der Waals surface area (Å²) in [5.41, 5.74) is 2.61. The van der Waals surface area contributed by atoms with Crippen LogP contribution in [0.15, 0.2) is 30.3 Å². The van der Waals surface area contributed by atoms with Gasteiger partial charge in [0.25, 0.3) is 0 Å². The van der Waals surface area contributed by atoms with E-state index in [0.29, 0.717) is 11.7 Å². The zero-order chi connectivity index (χ0) is 16.5. The van der Waals surface area contributed by atoms with Gasteiger partial charge in [-0.15, -0.1) is 0 Å². The summed E-state index contributed by atoms with van der Waals surface area (Å²) in [5, 5.41) is 10.8. The quantitative estimate of drug-likeness (QED) is 0.825. The molecule has 0 saturated carbocycles. The zero-order valence-corrected chi connectivity index (χ0v) is 13.3. The lowest BCUT2D eigenvalue weighted by Crippen LogP contribution is -2.59. The first-order chi connectivity index (χ1) is 10.2. The van der Waals surface area contributed by atoms with Crippen molar-refractivity contribution in [3.63, 3.8) is 0 Å². The average Bonchev–Trinajstić information content (AvgIpc) is 2.59. The molecule has 1 aliphatic rings. The van der Waals surface area contributed by atoms with E-state index in [9.17, 15) is 14.8 Å². The van der Waals surface area contributed by atoms with Crippen LogP contribution < -0.4 is 5.43 Å². The van der Waals surface area contributed by atoms with Gasteiger partial charge < -0.3 is 9.80 Å². The maximum absolute atomic E-state index is 12.5. The van der Waals surface area contributed by atoms with Gasteiger partial charge in [-0.2, -0.15) is 0 Å². The van der Waals surface area contributed by atoms with Crippen molar-refractivity contribution in [2.24, 2.45) is 0 Å². The Balaban J connectivity index is 2.25. The highest BCUT2D eigenvalue weighted by Gasteiger charge is 2.53. The second-order valence-electron chi connectivity index (χ2n) is 6.01. The maximum Gasteiger partial charge on any atom is 0.322 e. The van der Waals surface area contributed by atoms with Gasteiger partial charge in [-0.25, -0.2) is 4.79 Å². The number of urea groups is 1. The first kappa shape index (κ1) is 16.3. The number of amides is 3. The number of hydrazine groups is 1. The molecule has 2 rings (SSSR count). The molecule has 120 valence electrons. The summed E-state index contributed by atoms with van der Waals surface area (Å²) in [5.74, 6) is -0.402. The number of hydrogen-bond acceptors (Lipinski definition) is 4. The van der Waals surface area contributed by atoms with Gasteiger partial charge >= 0.3 is 6.03 Å². The smallest absolute Gasteiger partial charge is 0.312 e. The molecule has 1 heterocycles. The normalized spacial score (nSPS) is 20.6. The van der Waals surface area contributed by atoms with E-state index < -0.39 is 17.6 Å². The second kappa shape index (κ2) is 5.94. The molecule has 0 unspecified atom stereocenters. The van der Waals surface area contributed by atoms with Crippen LogP contribution in [0.2, 0.25) is 0 Å². The fourth-order valence-electron chi connectivity index (χ4n) is 2.88. The molecular formula is C15H22N4O3. The number of hydrogen-bond donors (Lipinski definition) is 2. The Bertz CT molecular complexity index is 561. The molecule has 1 aromatic carbocycles. The average molecular weight is 306 g/mol. The number of likely N-dealkylation sites (N-methyl/N-ethyl adjacent to an activating group) is 1.